The van der Waals surface area contributed by atoms with E-state index in [1.807, 2.05) is 60.7 Å². The molecule has 4 rings (SSSR count). The maximum Gasteiger partial charge on any atom is 0.255 e. The second-order valence-electron chi connectivity index (χ2n) is 6.09. The molecular formula is C23H18N2O2. The fourth-order valence-electron chi connectivity index (χ4n) is 3.11. The zero-order chi connectivity index (χ0) is 18.6. The van der Waals surface area contributed by atoms with Crippen molar-refractivity contribution in [3.8, 4) is 33.8 Å². The molecule has 27 heavy (non-hydrogen) atoms. The molecule has 4 nitrogen and oxygen atoms in total. The van der Waals surface area contributed by atoms with Gasteiger partial charge in [0.05, 0.1) is 12.8 Å². The van der Waals surface area contributed by atoms with E-state index in [4.69, 9.17) is 4.74 Å². The van der Waals surface area contributed by atoms with Crippen molar-refractivity contribution >= 4 is 0 Å². The van der Waals surface area contributed by atoms with Crippen LogP contribution in [0.1, 0.15) is 0 Å². The summed E-state index contributed by atoms with van der Waals surface area (Å²) in [6.07, 6.45) is 3.53. The number of methoxy groups -OCH3 is 1. The van der Waals surface area contributed by atoms with E-state index in [0.717, 1.165) is 33.8 Å². The maximum atomic E-state index is 12.4. The molecule has 0 atom stereocenters. The van der Waals surface area contributed by atoms with Crippen LogP contribution >= 0.6 is 0 Å². The average Bonchev–Trinajstić information content (AvgIpc) is 2.74. The van der Waals surface area contributed by atoms with Crippen LogP contribution in [0.2, 0.25) is 0 Å². The summed E-state index contributed by atoms with van der Waals surface area (Å²) >= 11 is 0. The minimum absolute atomic E-state index is 0.0818. The summed E-state index contributed by atoms with van der Waals surface area (Å²) in [7, 11) is 1.66. The molecule has 2 aromatic carbocycles. The number of rotatable bonds is 4. The van der Waals surface area contributed by atoms with Gasteiger partial charge in [-0.3, -0.25) is 14.3 Å². The molecule has 0 saturated carbocycles. The predicted octanol–water partition coefficient (Wildman–Crippen LogP) is 4.58. The number of aromatic nitrogens is 2. The Morgan fingerprint density at radius 3 is 2.41 bits per heavy atom. The van der Waals surface area contributed by atoms with E-state index in [9.17, 15) is 4.79 Å². The van der Waals surface area contributed by atoms with Crippen molar-refractivity contribution in [3.63, 3.8) is 0 Å². The summed E-state index contributed by atoms with van der Waals surface area (Å²) in [5.41, 5.74) is 4.40. The molecule has 0 unspecified atom stereocenters. The molecule has 0 radical (unpaired) electrons. The highest BCUT2D eigenvalue weighted by Crippen LogP contribution is 2.33. The van der Waals surface area contributed by atoms with Gasteiger partial charge in [-0.2, -0.15) is 0 Å². The molecule has 0 amide bonds. The fourth-order valence-corrected chi connectivity index (χ4v) is 3.11. The largest absolute Gasteiger partial charge is 0.496 e. The predicted molar refractivity (Wildman–Crippen MR) is 107 cm³/mol. The summed E-state index contributed by atoms with van der Waals surface area (Å²) in [4.78, 5) is 16.8. The SMILES string of the molecule is COc1ccccc1-c1cc(-c2ccccn2)cc(-n2ccccc2=O)c1. The fraction of sp³-hybridized carbons (Fsp3) is 0.0435. The monoisotopic (exact) mass is 354 g/mol. The Morgan fingerprint density at radius 2 is 1.63 bits per heavy atom. The first-order valence-electron chi connectivity index (χ1n) is 8.64. The lowest BCUT2D eigenvalue weighted by molar-refractivity contribution is 0.416. The van der Waals surface area contributed by atoms with Crippen LogP contribution in [0.25, 0.3) is 28.1 Å². The Hall–Kier alpha value is -3.66. The quantitative estimate of drug-likeness (QED) is 0.539. The third kappa shape index (κ3) is 3.37. The van der Waals surface area contributed by atoms with Crippen LogP contribution in [0.5, 0.6) is 5.75 Å². The van der Waals surface area contributed by atoms with E-state index >= 15 is 0 Å². The first kappa shape index (κ1) is 16.8. The number of nitrogens with zero attached hydrogens (tertiary/aromatic N) is 2. The Labute approximate surface area is 157 Å². The van der Waals surface area contributed by atoms with Gasteiger partial charge in [0.2, 0.25) is 0 Å². The van der Waals surface area contributed by atoms with Gasteiger partial charge >= 0.3 is 0 Å². The minimum Gasteiger partial charge on any atom is -0.496 e. The number of pyridine rings is 2. The molecule has 0 bridgehead atoms. The highest BCUT2D eigenvalue weighted by atomic mass is 16.5. The van der Waals surface area contributed by atoms with E-state index in [0.29, 0.717) is 0 Å². The normalized spacial score (nSPS) is 10.6. The van der Waals surface area contributed by atoms with Crippen molar-refractivity contribution in [2.45, 2.75) is 0 Å². The standard InChI is InChI=1S/C23H18N2O2/c1-27-22-10-3-2-8-20(22)17-14-18(21-9-4-6-12-24-21)16-19(15-17)25-13-7-5-11-23(25)26/h2-16H,1H3. The maximum absolute atomic E-state index is 12.4. The zero-order valence-electron chi connectivity index (χ0n) is 14.9. The molecular weight excluding hydrogens is 336 g/mol. The van der Waals surface area contributed by atoms with Gasteiger partial charge in [-0.15, -0.1) is 0 Å². The molecule has 0 saturated heterocycles. The van der Waals surface area contributed by atoms with E-state index in [-0.39, 0.29) is 5.56 Å². The molecule has 0 aliphatic heterocycles. The summed E-state index contributed by atoms with van der Waals surface area (Å²) in [6, 6.07) is 24.8. The van der Waals surface area contributed by atoms with Gasteiger partial charge < -0.3 is 4.74 Å². The van der Waals surface area contributed by atoms with Crippen molar-refractivity contribution in [2.75, 3.05) is 7.11 Å². The molecule has 0 fully saturated rings. The van der Waals surface area contributed by atoms with Crippen LogP contribution in [-0.2, 0) is 0 Å². The molecule has 2 heterocycles. The molecule has 132 valence electrons. The topological polar surface area (TPSA) is 44.1 Å². The summed E-state index contributed by atoms with van der Waals surface area (Å²) in [6.45, 7) is 0. The molecule has 0 aliphatic rings. The number of para-hydroxylation sites is 1. The van der Waals surface area contributed by atoms with Crippen molar-refractivity contribution in [3.05, 3.63) is 102 Å². The van der Waals surface area contributed by atoms with Crippen molar-refractivity contribution in [1.29, 1.82) is 0 Å². The summed E-state index contributed by atoms with van der Waals surface area (Å²) in [5.74, 6) is 0.780. The Balaban J connectivity index is 1.98. The molecule has 4 aromatic rings. The summed E-state index contributed by atoms with van der Waals surface area (Å²) < 4.78 is 7.16. The molecule has 0 aliphatic carbocycles. The molecule has 4 heteroatoms. The first-order chi connectivity index (χ1) is 13.3. The highest BCUT2D eigenvalue weighted by molar-refractivity contribution is 5.78. The van der Waals surface area contributed by atoms with Crippen LogP contribution in [-0.4, -0.2) is 16.7 Å². The highest BCUT2D eigenvalue weighted by Gasteiger charge is 2.11. The van der Waals surface area contributed by atoms with Gasteiger partial charge in [0.15, 0.2) is 0 Å². The van der Waals surface area contributed by atoms with Crippen molar-refractivity contribution < 1.29 is 4.74 Å². The first-order valence-corrected chi connectivity index (χ1v) is 8.64. The molecule has 0 N–H and O–H groups in total. The zero-order valence-corrected chi connectivity index (χ0v) is 14.9. The van der Waals surface area contributed by atoms with Gasteiger partial charge in [-0.25, -0.2) is 0 Å². The van der Waals surface area contributed by atoms with Gasteiger partial charge in [0.25, 0.3) is 5.56 Å². The van der Waals surface area contributed by atoms with Gasteiger partial charge in [-0.1, -0.05) is 30.3 Å². The third-order valence-electron chi connectivity index (χ3n) is 4.40. The summed E-state index contributed by atoms with van der Waals surface area (Å²) in [5, 5.41) is 0. The lowest BCUT2D eigenvalue weighted by Crippen LogP contribution is -2.15. The van der Waals surface area contributed by atoms with Crippen LogP contribution in [0.4, 0.5) is 0 Å². The van der Waals surface area contributed by atoms with Crippen LogP contribution in [0.15, 0.2) is 96.1 Å². The Bertz CT molecular complexity index is 1130. The number of hydrogen-bond acceptors (Lipinski definition) is 3. The van der Waals surface area contributed by atoms with E-state index in [1.54, 1.807) is 36.2 Å². The Kier molecular flexibility index (Phi) is 4.54. The molecule has 2 aromatic heterocycles. The van der Waals surface area contributed by atoms with Gasteiger partial charge in [0, 0.05) is 35.3 Å². The van der Waals surface area contributed by atoms with Crippen LogP contribution in [0.3, 0.4) is 0 Å². The second-order valence-corrected chi connectivity index (χ2v) is 6.09. The van der Waals surface area contributed by atoms with Crippen molar-refractivity contribution in [2.24, 2.45) is 0 Å². The van der Waals surface area contributed by atoms with E-state index in [2.05, 4.69) is 11.1 Å². The number of hydrogen-bond donors (Lipinski definition) is 0. The lowest BCUT2D eigenvalue weighted by Gasteiger charge is -2.14. The number of benzene rings is 2. The number of ether oxygens (including phenoxy) is 1. The van der Waals surface area contributed by atoms with E-state index < -0.39 is 0 Å². The second kappa shape index (κ2) is 7.30. The van der Waals surface area contributed by atoms with Gasteiger partial charge in [0.1, 0.15) is 5.75 Å². The van der Waals surface area contributed by atoms with Crippen LogP contribution < -0.4 is 10.3 Å². The lowest BCUT2D eigenvalue weighted by atomic mass is 9.99. The van der Waals surface area contributed by atoms with Gasteiger partial charge in [-0.05, 0) is 48.0 Å². The van der Waals surface area contributed by atoms with E-state index in [1.165, 1.54) is 0 Å². The third-order valence-corrected chi connectivity index (χ3v) is 4.40. The van der Waals surface area contributed by atoms with Crippen molar-refractivity contribution in [1.82, 2.24) is 9.55 Å². The Morgan fingerprint density at radius 1 is 0.852 bits per heavy atom. The minimum atomic E-state index is -0.0818. The smallest absolute Gasteiger partial charge is 0.255 e. The average molecular weight is 354 g/mol. The van der Waals surface area contributed by atoms with Crippen LogP contribution in [0, 0.1) is 0 Å². The molecule has 0 spiro atoms.